The fraction of sp³-hybridized carbons (Fsp3) is 0.238. The number of benzene rings is 1. The van der Waals surface area contributed by atoms with Crippen LogP contribution in [-0.4, -0.2) is 30.6 Å². The Bertz CT molecular complexity index is 1260. The molecule has 0 atom stereocenters. The number of anilines is 1. The zero-order chi connectivity index (χ0) is 20.5. The van der Waals surface area contributed by atoms with Crippen molar-refractivity contribution in [2.75, 3.05) is 5.32 Å². The van der Waals surface area contributed by atoms with Crippen LogP contribution in [0.5, 0.6) is 0 Å². The summed E-state index contributed by atoms with van der Waals surface area (Å²) in [6, 6.07) is 9.59. The summed E-state index contributed by atoms with van der Waals surface area (Å²) in [4.78, 5) is 35.4. The van der Waals surface area contributed by atoms with Gasteiger partial charge >= 0.3 is 0 Å². The number of amides is 1. The molecule has 0 bridgehead atoms. The van der Waals surface area contributed by atoms with Crippen LogP contribution in [0, 0.1) is 13.8 Å². The third kappa shape index (κ3) is 3.56. The van der Waals surface area contributed by atoms with Gasteiger partial charge in [0.25, 0.3) is 5.56 Å². The van der Waals surface area contributed by atoms with E-state index in [2.05, 4.69) is 25.4 Å². The monoisotopic (exact) mass is 390 g/mol. The van der Waals surface area contributed by atoms with Crippen LogP contribution in [-0.2, 0) is 17.6 Å². The van der Waals surface area contributed by atoms with Crippen molar-refractivity contribution in [2.45, 2.75) is 33.6 Å². The molecule has 4 aromatic rings. The van der Waals surface area contributed by atoms with Crippen molar-refractivity contribution >= 4 is 22.6 Å². The lowest BCUT2D eigenvalue weighted by Crippen LogP contribution is -2.22. The summed E-state index contributed by atoms with van der Waals surface area (Å²) in [6.07, 6.45) is 2.66. The van der Waals surface area contributed by atoms with E-state index in [1.165, 1.54) is 4.68 Å². The summed E-state index contributed by atoms with van der Waals surface area (Å²) in [5, 5.41) is 8.29. The van der Waals surface area contributed by atoms with E-state index in [4.69, 9.17) is 0 Å². The number of hydrogen-bond donors (Lipinski definition) is 3. The Hall–Kier alpha value is -3.68. The van der Waals surface area contributed by atoms with Crippen molar-refractivity contribution in [3.8, 4) is 5.95 Å². The van der Waals surface area contributed by atoms with E-state index in [0.29, 0.717) is 29.2 Å². The van der Waals surface area contributed by atoms with Gasteiger partial charge in [-0.15, -0.1) is 0 Å². The molecule has 4 rings (SSSR count). The molecule has 29 heavy (non-hydrogen) atoms. The standard InChI is InChI=1S/C21H22N6O2/c1-4-15-13(3)23-21(25-20(15)29)27-18(9-12(2)26-27)24-19(28)10-14-11-22-17-8-6-5-7-16(14)17/h5-9,11,22H,4,10H2,1-3H3,(H,24,28)(H,23,25,29). The maximum Gasteiger partial charge on any atom is 0.255 e. The minimum absolute atomic E-state index is 0.180. The van der Waals surface area contributed by atoms with Gasteiger partial charge in [0.05, 0.1) is 12.1 Å². The Kier molecular flexibility index (Phi) is 4.75. The van der Waals surface area contributed by atoms with E-state index >= 15 is 0 Å². The van der Waals surface area contributed by atoms with Crippen LogP contribution >= 0.6 is 0 Å². The van der Waals surface area contributed by atoms with E-state index in [9.17, 15) is 9.59 Å². The van der Waals surface area contributed by atoms with Crippen molar-refractivity contribution < 1.29 is 4.79 Å². The summed E-state index contributed by atoms with van der Waals surface area (Å²) in [6.45, 7) is 5.52. The second kappa shape index (κ2) is 7.38. The number of nitrogens with zero attached hydrogens (tertiary/aromatic N) is 3. The molecule has 0 aliphatic carbocycles. The van der Waals surface area contributed by atoms with Gasteiger partial charge in [-0.05, 0) is 31.9 Å². The lowest BCUT2D eigenvalue weighted by molar-refractivity contribution is -0.115. The second-order valence-corrected chi connectivity index (χ2v) is 6.97. The molecule has 0 saturated heterocycles. The van der Waals surface area contributed by atoms with Gasteiger partial charge in [-0.3, -0.25) is 14.6 Å². The molecule has 0 saturated carbocycles. The van der Waals surface area contributed by atoms with Crippen LogP contribution in [0.15, 0.2) is 41.3 Å². The molecule has 3 N–H and O–H groups in total. The highest BCUT2D eigenvalue weighted by molar-refractivity contribution is 5.95. The van der Waals surface area contributed by atoms with E-state index < -0.39 is 0 Å². The Morgan fingerprint density at radius 2 is 2.03 bits per heavy atom. The van der Waals surface area contributed by atoms with Gasteiger partial charge in [-0.1, -0.05) is 25.1 Å². The number of aromatic nitrogens is 5. The van der Waals surface area contributed by atoms with Gasteiger partial charge in [-0.2, -0.15) is 9.78 Å². The lowest BCUT2D eigenvalue weighted by Gasteiger charge is -2.10. The molecular formula is C21H22N6O2. The van der Waals surface area contributed by atoms with E-state index in [1.54, 1.807) is 13.0 Å². The molecule has 0 aliphatic heterocycles. The van der Waals surface area contributed by atoms with Crippen LogP contribution < -0.4 is 10.9 Å². The van der Waals surface area contributed by atoms with Crippen molar-refractivity contribution in [1.82, 2.24) is 24.7 Å². The molecule has 1 aromatic carbocycles. The van der Waals surface area contributed by atoms with Crippen molar-refractivity contribution in [3.05, 3.63) is 69.4 Å². The number of aromatic amines is 2. The largest absolute Gasteiger partial charge is 0.361 e. The summed E-state index contributed by atoms with van der Waals surface area (Å²) >= 11 is 0. The quantitative estimate of drug-likeness (QED) is 0.487. The predicted octanol–water partition coefficient (Wildman–Crippen LogP) is 2.80. The Balaban J connectivity index is 1.62. The maximum absolute atomic E-state index is 12.7. The first-order chi connectivity index (χ1) is 14.0. The highest BCUT2D eigenvalue weighted by Crippen LogP contribution is 2.19. The van der Waals surface area contributed by atoms with Gasteiger partial charge < -0.3 is 10.3 Å². The molecule has 3 heterocycles. The van der Waals surface area contributed by atoms with E-state index in [0.717, 1.165) is 16.5 Å². The first-order valence-corrected chi connectivity index (χ1v) is 9.48. The fourth-order valence-electron chi connectivity index (χ4n) is 3.50. The fourth-order valence-corrected chi connectivity index (χ4v) is 3.50. The molecule has 0 unspecified atom stereocenters. The SMILES string of the molecule is CCc1c(C)nc(-n2nc(C)cc2NC(=O)Cc2c[nH]c3ccccc23)[nH]c1=O. The third-order valence-electron chi connectivity index (χ3n) is 4.89. The zero-order valence-corrected chi connectivity index (χ0v) is 16.5. The van der Waals surface area contributed by atoms with Crippen molar-refractivity contribution in [1.29, 1.82) is 0 Å². The number of rotatable bonds is 5. The van der Waals surface area contributed by atoms with Crippen LogP contribution in [0.25, 0.3) is 16.9 Å². The van der Waals surface area contributed by atoms with Gasteiger partial charge in [0.15, 0.2) is 0 Å². The molecule has 1 amide bonds. The third-order valence-corrected chi connectivity index (χ3v) is 4.89. The van der Waals surface area contributed by atoms with Crippen molar-refractivity contribution in [2.24, 2.45) is 0 Å². The molecule has 3 aromatic heterocycles. The normalized spacial score (nSPS) is 11.1. The second-order valence-electron chi connectivity index (χ2n) is 6.97. The molecule has 0 fully saturated rings. The summed E-state index contributed by atoms with van der Waals surface area (Å²) in [5.74, 6) is 0.555. The number of para-hydroxylation sites is 1. The van der Waals surface area contributed by atoms with Gasteiger partial charge in [0.1, 0.15) is 5.82 Å². The number of carbonyl (C=O) groups excluding carboxylic acids is 1. The van der Waals surface area contributed by atoms with E-state index in [1.807, 2.05) is 44.3 Å². The average Bonchev–Trinajstić information content (AvgIpc) is 3.25. The van der Waals surface area contributed by atoms with E-state index in [-0.39, 0.29) is 23.8 Å². The number of hydrogen-bond acceptors (Lipinski definition) is 4. The summed E-state index contributed by atoms with van der Waals surface area (Å²) < 4.78 is 1.45. The Morgan fingerprint density at radius 3 is 2.79 bits per heavy atom. The average molecular weight is 390 g/mol. The van der Waals surface area contributed by atoms with Gasteiger partial charge in [0, 0.05) is 34.4 Å². The zero-order valence-electron chi connectivity index (χ0n) is 16.5. The number of nitrogens with one attached hydrogen (secondary N) is 3. The lowest BCUT2D eigenvalue weighted by atomic mass is 10.1. The predicted molar refractivity (Wildman–Crippen MR) is 111 cm³/mol. The molecule has 148 valence electrons. The molecule has 0 radical (unpaired) electrons. The highest BCUT2D eigenvalue weighted by Gasteiger charge is 2.16. The molecule has 0 spiro atoms. The Morgan fingerprint density at radius 1 is 1.24 bits per heavy atom. The first kappa shape index (κ1) is 18.7. The van der Waals surface area contributed by atoms with Gasteiger partial charge in [0.2, 0.25) is 11.9 Å². The van der Waals surface area contributed by atoms with Crippen LogP contribution in [0.4, 0.5) is 5.82 Å². The number of aryl methyl sites for hydroxylation is 2. The molecular weight excluding hydrogens is 368 g/mol. The molecule has 8 heteroatoms. The van der Waals surface area contributed by atoms with Crippen LogP contribution in [0.3, 0.4) is 0 Å². The van der Waals surface area contributed by atoms with Crippen molar-refractivity contribution in [3.63, 3.8) is 0 Å². The maximum atomic E-state index is 12.7. The summed E-state index contributed by atoms with van der Waals surface area (Å²) in [5.41, 5.74) is 3.70. The number of H-pyrrole nitrogens is 2. The molecule has 0 aliphatic rings. The smallest absolute Gasteiger partial charge is 0.255 e. The van der Waals surface area contributed by atoms with Crippen LogP contribution in [0.2, 0.25) is 0 Å². The topological polar surface area (TPSA) is 108 Å². The minimum atomic E-state index is -0.195. The highest BCUT2D eigenvalue weighted by atomic mass is 16.1. The summed E-state index contributed by atoms with van der Waals surface area (Å²) in [7, 11) is 0. The minimum Gasteiger partial charge on any atom is -0.361 e. The number of fused-ring (bicyclic) bond motifs is 1. The Labute approximate surface area is 167 Å². The number of carbonyl (C=O) groups is 1. The van der Waals surface area contributed by atoms with Crippen LogP contribution in [0.1, 0.15) is 29.4 Å². The first-order valence-electron chi connectivity index (χ1n) is 9.48. The molecule has 8 nitrogen and oxygen atoms in total. The van der Waals surface area contributed by atoms with Gasteiger partial charge in [-0.25, -0.2) is 4.98 Å².